The van der Waals surface area contributed by atoms with Crippen LogP contribution in [-0.2, 0) is 17.8 Å². The Kier molecular flexibility index (Phi) is 4.06. The zero-order valence-electron chi connectivity index (χ0n) is 14.2. The molecule has 1 amide bonds. The molecule has 1 aliphatic heterocycles. The van der Waals surface area contributed by atoms with Crippen LogP contribution in [0.1, 0.15) is 17.5 Å². The van der Waals surface area contributed by atoms with Gasteiger partial charge in [0.15, 0.2) is 5.82 Å². The highest BCUT2D eigenvalue weighted by Gasteiger charge is 2.26. The number of carbonyl (C=O) groups excluding carboxylic acids is 1. The first-order valence-corrected chi connectivity index (χ1v) is 8.57. The third kappa shape index (κ3) is 3.05. The van der Waals surface area contributed by atoms with Gasteiger partial charge in [-0.05, 0) is 24.5 Å². The lowest BCUT2D eigenvalue weighted by Crippen LogP contribution is -2.39. The third-order valence-electron chi connectivity index (χ3n) is 4.58. The van der Waals surface area contributed by atoms with Gasteiger partial charge in [-0.15, -0.1) is 5.10 Å². The molecule has 0 atom stereocenters. The van der Waals surface area contributed by atoms with Crippen molar-refractivity contribution in [2.45, 2.75) is 26.3 Å². The van der Waals surface area contributed by atoms with Gasteiger partial charge >= 0.3 is 0 Å². The van der Waals surface area contributed by atoms with E-state index in [1.165, 1.54) is 0 Å². The number of nitrogens with zero attached hydrogens (tertiary/aromatic N) is 4. The number of amides is 1. The lowest BCUT2D eigenvalue weighted by Gasteiger charge is -2.26. The molecule has 2 heterocycles. The van der Waals surface area contributed by atoms with Crippen LogP contribution in [-0.4, -0.2) is 27.2 Å². The summed E-state index contributed by atoms with van der Waals surface area (Å²) < 4.78 is 1.85. The molecular formula is C20H20N4O. The molecule has 0 unspecified atom stereocenters. The van der Waals surface area contributed by atoms with Crippen LogP contribution in [0.5, 0.6) is 0 Å². The molecule has 25 heavy (non-hydrogen) atoms. The fourth-order valence-corrected chi connectivity index (χ4v) is 3.17. The van der Waals surface area contributed by atoms with Gasteiger partial charge < -0.3 is 0 Å². The molecule has 0 saturated heterocycles. The summed E-state index contributed by atoms with van der Waals surface area (Å²) >= 11 is 0. The standard InChI is InChI=1S/C20H20N4O/c1-15-8-5-6-11-17(15)14-18(25)23-12-7-13-24-20(23)21-19(22-24)16-9-3-2-4-10-16/h2-6,8-11H,7,12-14H2,1H3. The molecular weight excluding hydrogens is 312 g/mol. The molecule has 1 aliphatic rings. The van der Waals surface area contributed by atoms with Gasteiger partial charge in [0.05, 0.1) is 6.42 Å². The zero-order valence-corrected chi connectivity index (χ0v) is 14.2. The van der Waals surface area contributed by atoms with E-state index >= 15 is 0 Å². The van der Waals surface area contributed by atoms with E-state index in [0.29, 0.717) is 24.7 Å². The molecule has 0 N–H and O–H groups in total. The normalized spacial score (nSPS) is 13.6. The Morgan fingerprint density at radius 2 is 1.80 bits per heavy atom. The van der Waals surface area contributed by atoms with Crippen LogP contribution in [0.2, 0.25) is 0 Å². The van der Waals surface area contributed by atoms with E-state index in [0.717, 1.165) is 29.7 Å². The number of benzene rings is 2. The summed E-state index contributed by atoms with van der Waals surface area (Å²) in [7, 11) is 0. The molecule has 0 bridgehead atoms. The maximum atomic E-state index is 12.9. The molecule has 4 rings (SSSR count). The highest BCUT2D eigenvalue weighted by molar-refractivity contribution is 5.93. The fourth-order valence-electron chi connectivity index (χ4n) is 3.17. The lowest BCUT2D eigenvalue weighted by molar-refractivity contribution is -0.118. The quantitative estimate of drug-likeness (QED) is 0.740. The van der Waals surface area contributed by atoms with E-state index in [1.54, 1.807) is 4.90 Å². The fraction of sp³-hybridized carbons (Fsp3) is 0.250. The first-order valence-electron chi connectivity index (χ1n) is 8.57. The molecule has 0 saturated carbocycles. The highest BCUT2D eigenvalue weighted by Crippen LogP contribution is 2.24. The van der Waals surface area contributed by atoms with Crippen molar-refractivity contribution in [1.82, 2.24) is 14.8 Å². The average Bonchev–Trinajstić information content (AvgIpc) is 3.08. The van der Waals surface area contributed by atoms with Gasteiger partial charge in [-0.1, -0.05) is 54.6 Å². The average molecular weight is 332 g/mol. The minimum absolute atomic E-state index is 0.0715. The number of anilines is 1. The Balaban J connectivity index is 1.62. The number of aromatic nitrogens is 3. The van der Waals surface area contributed by atoms with Gasteiger partial charge in [0.1, 0.15) is 0 Å². The van der Waals surface area contributed by atoms with E-state index in [9.17, 15) is 4.79 Å². The van der Waals surface area contributed by atoms with E-state index in [1.807, 2.05) is 66.2 Å². The molecule has 1 aromatic heterocycles. The van der Waals surface area contributed by atoms with Crippen molar-refractivity contribution >= 4 is 11.9 Å². The maximum Gasteiger partial charge on any atom is 0.233 e. The first-order chi connectivity index (χ1) is 12.2. The molecule has 2 aromatic carbocycles. The van der Waals surface area contributed by atoms with Crippen molar-refractivity contribution < 1.29 is 4.79 Å². The van der Waals surface area contributed by atoms with Crippen molar-refractivity contribution in [3.63, 3.8) is 0 Å². The van der Waals surface area contributed by atoms with Gasteiger partial charge in [-0.3, -0.25) is 9.69 Å². The SMILES string of the molecule is Cc1ccccc1CC(=O)N1CCCn2nc(-c3ccccc3)nc21. The summed E-state index contributed by atoms with van der Waals surface area (Å²) in [6.07, 6.45) is 1.28. The predicted molar refractivity (Wildman–Crippen MR) is 97.3 cm³/mol. The van der Waals surface area contributed by atoms with Gasteiger partial charge in [0.2, 0.25) is 11.9 Å². The van der Waals surface area contributed by atoms with Crippen molar-refractivity contribution in [2.75, 3.05) is 11.4 Å². The van der Waals surface area contributed by atoms with E-state index < -0.39 is 0 Å². The molecule has 3 aromatic rings. The Morgan fingerprint density at radius 1 is 1.04 bits per heavy atom. The van der Waals surface area contributed by atoms with Crippen molar-refractivity contribution in [3.05, 3.63) is 65.7 Å². The van der Waals surface area contributed by atoms with Crippen LogP contribution in [0, 0.1) is 6.92 Å². The summed E-state index contributed by atoms with van der Waals surface area (Å²) in [6, 6.07) is 17.9. The van der Waals surface area contributed by atoms with E-state index in [4.69, 9.17) is 0 Å². The van der Waals surface area contributed by atoms with Crippen LogP contribution < -0.4 is 4.90 Å². The Morgan fingerprint density at radius 3 is 2.60 bits per heavy atom. The molecule has 0 aliphatic carbocycles. The van der Waals surface area contributed by atoms with Crippen LogP contribution >= 0.6 is 0 Å². The Bertz CT molecular complexity index is 901. The summed E-state index contributed by atoms with van der Waals surface area (Å²) in [5.74, 6) is 1.40. The molecule has 5 nitrogen and oxygen atoms in total. The van der Waals surface area contributed by atoms with Crippen LogP contribution in [0.25, 0.3) is 11.4 Å². The van der Waals surface area contributed by atoms with Crippen LogP contribution in [0.15, 0.2) is 54.6 Å². The number of aryl methyl sites for hydroxylation is 2. The zero-order chi connectivity index (χ0) is 17.2. The van der Waals surface area contributed by atoms with Crippen molar-refractivity contribution in [3.8, 4) is 11.4 Å². The second-order valence-corrected chi connectivity index (χ2v) is 6.33. The smallest absolute Gasteiger partial charge is 0.233 e. The minimum Gasteiger partial charge on any atom is -0.281 e. The van der Waals surface area contributed by atoms with Crippen LogP contribution in [0.4, 0.5) is 5.95 Å². The van der Waals surface area contributed by atoms with Crippen LogP contribution in [0.3, 0.4) is 0 Å². The number of hydrogen-bond donors (Lipinski definition) is 0. The van der Waals surface area contributed by atoms with Gasteiger partial charge in [-0.25, -0.2) is 4.68 Å². The lowest BCUT2D eigenvalue weighted by atomic mass is 10.1. The first kappa shape index (κ1) is 15.6. The summed E-state index contributed by atoms with van der Waals surface area (Å²) in [4.78, 5) is 19.3. The van der Waals surface area contributed by atoms with E-state index in [2.05, 4.69) is 10.1 Å². The summed E-state index contributed by atoms with van der Waals surface area (Å²) in [5.41, 5.74) is 3.17. The van der Waals surface area contributed by atoms with Gasteiger partial charge in [-0.2, -0.15) is 4.98 Å². The molecule has 0 spiro atoms. The van der Waals surface area contributed by atoms with Crippen molar-refractivity contribution in [2.24, 2.45) is 0 Å². The molecule has 5 heteroatoms. The summed E-state index contributed by atoms with van der Waals surface area (Å²) in [6.45, 7) is 3.52. The number of carbonyl (C=O) groups is 1. The van der Waals surface area contributed by atoms with E-state index in [-0.39, 0.29) is 5.91 Å². The third-order valence-corrected chi connectivity index (χ3v) is 4.58. The second-order valence-electron chi connectivity index (χ2n) is 6.33. The molecule has 126 valence electrons. The number of fused-ring (bicyclic) bond motifs is 1. The largest absolute Gasteiger partial charge is 0.281 e. The monoisotopic (exact) mass is 332 g/mol. The Hall–Kier alpha value is -2.95. The maximum absolute atomic E-state index is 12.9. The van der Waals surface area contributed by atoms with Crippen molar-refractivity contribution in [1.29, 1.82) is 0 Å². The summed E-state index contributed by atoms with van der Waals surface area (Å²) in [5, 5.41) is 4.59. The molecule has 0 fully saturated rings. The predicted octanol–water partition coefficient (Wildman–Crippen LogP) is 3.23. The van der Waals surface area contributed by atoms with Gasteiger partial charge in [0.25, 0.3) is 0 Å². The second kappa shape index (κ2) is 6.51. The number of rotatable bonds is 3. The highest BCUT2D eigenvalue weighted by atomic mass is 16.2. The topological polar surface area (TPSA) is 51.0 Å². The number of hydrogen-bond acceptors (Lipinski definition) is 3. The minimum atomic E-state index is 0.0715. The molecule has 0 radical (unpaired) electrons. The Labute approximate surface area is 146 Å². The van der Waals surface area contributed by atoms with Gasteiger partial charge in [0, 0.05) is 18.7 Å².